The van der Waals surface area contributed by atoms with Crippen LogP contribution in [0.2, 0.25) is 5.02 Å². The van der Waals surface area contributed by atoms with Gasteiger partial charge in [-0.25, -0.2) is 0 Å². The molecule has 1 amide bonds. The van der Waals surface area contributed by atoms with Crippen LogP contribution in [0.5, 0.6) is 0 Å². The normalized spacial score (nSPS) is 10.9. The van der Waals surface area contributed by atoms with E-state index < -0.39 is 23.4 Å². The maximum absolute atomic E-state index is 11.7. The highest BCUT2D eigenvalue weighted by Crippen LogP contribution is 2.27. The molecule has 0 heterocycles. The van der Waals surface area contributed by atoms with Crippen LogP contribution in [-0.4, -0.2) is 23.4 Å². The van der Waals surface area contributed by atoms with Crippen molar-refractivity contribution in [2.24, 2.45) is 5.41 Å². The molecule has 0 radical (unpaired) electrons. The number of rotatable bonds is 5. The lowest BCUT2D eigenvalue weighted by molar-refractivity contribution is -0.383. The Morgan fingerprint density at radius 2 is 2.00 bits per heavy atom. The molecule has 0 unspecified atom stereocenters. The summed E-state index contributed by atoms with van der Waals surface area (Å²) in [5.74, 6) is -1.17. The number of nitrogens with zero attached hydrogens (tertiary/aromatic N) is 1. The average molecular weight is 329 g/mol. The standard InChI is InChI=1S/C14H17ClN2O5/c1-14(2,3)7-13(19)22-8-12(18)16-10-5-4-9(15)6-11(10)17(20)21/h4-6H,7-8H2,1-3H3,(H,16,18). The number of amides is 1. The zero-order valence-corrected chi connectivity index (χ0v) is 13.3. The summed E-state index contributed by atoms with van der Waals surface area (Å²) in [6.45, 7) is 5.09. The van der Waals surface area contributed by atoms with Gasteiger partial charge in [-0.15, -0.1) is 0 Å². The molecule has 0 fully saturated rings. The number of esters is 1. The molecule has 1 aromatic carbocycles. The van der Waals surface area contributed by atoms with Crippen molar-refractivity contribution >= 4 is 34.9 Å². The summed E-state index contributed by atoms with van der Waals surface area (Å²) >= 11 is 5.68. The molecule has 1 N–H and O–H groups in total. The summed E-state index contributed by atoms with van der Waals surface area (Å²) in [4.78, 5) is 33.4. The molecular formula is C14H17ClN2O5. The second-order valence-electron chi connectivity index (χ2n) is 5.86. The zero-order valence-electron chi connectivity index (χ0n) is 12.5. The number of nitrogens with one attached hydrogen (secondary N) is 1. The molecule has 0 saturated carbocycles. The largest absolute Gasteiger partial charge is 0.456 e. The number of hydrogen-bond acceptors (Lipinski definition) is 5. The van der Waals surface area contributed by atoms with Crippen LogP contribution in [0.4, 0.5) is 11.4 Å². The smallest absolute Gasteiger partial charge is 0.306 e. The van der Waals surface area contributed by atoms with E-state index in [4.69, 9.17) is 16.3 Å². The molecule has 0 aliphatic carbocycles. The fraction of sp³-hybridized carbons (Fsp3) is 0.429. The zero-order chi connectivity index (χ0) is 16.9. The van der Waals surface area contributed by atoms with Crippen LogP contribution in [0.3, 0.4) is 0 Å². The molecule has 1 aromatic rings. The Hall–Kier alpha value is -2.15. The molecule has 0 aliphatic rings. The van der Waals surface area contributed by atoms with Crippen LogP contribution >= 0.6 is 11.6 Å². The fourth-order valence-electron chi connectivity index (χ4n) is 1.58. The Balaban J connectivity index is 2.63. The van der Waals surface area contributed by atoms with Crippen molar-refractivity contribution in [3.8, 4) is 0 Å². The molecule has 0 saturated heterocycles. The lowest BCUT2D eigenvalue weighted by Crippen LogP contribution is -2.23. The third kappa shape index (κ3) is 6.09. The van der Waals surface area contributed by atoms with Gasteiger partial charge in [0.05, 0.1) is 11.3 Å². The summed E-state index contributed by atoms with van der Waals surface area (Å²) in [7, 11) is 0. The number of nitro benzene ring substituents is 1. The first kappa shape index (κ1) is 17.9. The van der Waals surface area contributed by atoms with Crippen LogP contribution in [-0.2, 0) is 14.3 Å². The number of halogens is 1. The molecule has 0 atom stereocenters. The van der Waals surface area contributed by atoms with Crippen molar-refractivity contribution in [3.63, 3.8) is 0 Å². The van der Waals surface area contributed by atoms with E-state index in [1.165, 1.54) is 12.1 Å². The molecular weight excluding hydrogens is 312 g/mol. The van der Waals surface area contributed by atoms with E-state index in [0.717, 1.165) is 6.07 Å². The van der Waals surface area contributed by atoms with Crippen LogP contribution < -0.4 is 5.32 Å². The lowest BCUT2D eigenvalue weighted by Gasteiger charge is -2.16. The highest BCUT2D eigenvalue weighted by molar-refractivity contribution is 6.31. The van der Waals surface area contributed by atoms with Gasteiger partial charge in [0.1, 0.15) is 5.69 Å². The van der Waals surface area contributed by atoms with Crippen molar-refractivity contribution in [1.82, 2.24) is 0 Å². The van der Waals surface area contributed by atoms with Gasteiger partial charge >= 0.3 is 5.97 Å². The minimum Gasteiger partial charge on any atom is -0.456 e. The molecule has 8 heteroatoms. The predicted octanol–water partition coefficient (Wildman–Crippen LogP) is 3.17. The summed E-state index contributed by atoms with van der Waals surface area (Å²) in [6, 6.07) is 3.86. The minimum atomic E-state index is -0.660. The first-order valence-electron chi connectivity index (χ1n) is 6.48. The van der Waals surface area contributed by atoms with Crippen LogP contribution in [0.1, 0.15) is 27.2 Å². The molecule has 22 heavy (non-hydrogen) atoms. The molecule has 7 nitrogen and oxygen atoms in total. The second-order valence-corrected chi connectivity index (χ2v) is 6.30. The molecule has 0 spiro atoms. The number of carbonyl (C=O) groups is 2. The third-order valence-electron chi connectivity index (χ3n) is 2.47. The van der Waals surface area contributed by atoms with E-state index in [1.807, 2.05) is 20.8 Å². The summed E-state index contributed by atoms with van der Waals surface area (Å²) in [5.41, 5.74) is -0.587. The Morgan fingerprint density at radius 1 is 1.36 bits per heavy atom. The molecule has 120 valence electrons. The van der Waals surface area contributed by atoms with E-state index in [-0.39, 0.29) is 28.2 Å². The van der Waals surface area contributed by atoms with E-state index >= 15 is 0 Å². The lowest BCUT2D eigenvalue weighted by atomic mass is 9.92. The van der Waals surface area contributed by atoms with Gasteiger partial charge in [-0.2, -0.15) is 0 Å². The van der Waals surface area contributed by atoms with Gasteiger partial charge in [-0.05, 0) is 17.5 Å². The number of nitro groups is 1. The highest BCUT2D eigenvalue weighted by Gasteiger charge is 2.19. The Labute approximate surface area is 132 Å². The molecule has 0 bridgehead atoms. The van der Waals surface area contributed by atoms with E-state index in [0.29, 0.717) is 0 Å². The topological polar surface area (TPSA) is 98.5 Å². The van der Waals surface area contributed by atoms with Gasteiger partial charge in [0, 0.05) is 11.1 Å². The Morgan fingerprint density at radius 3 is 2.55 bits per heavy atom. The van der Waals surface area contributed by atoms with Crippen LogP contribution in [0.15, 0.2) is 18.2 Å². The van der Waals surface area contributed by atoms with Gasteiger partial charge in [0.2, 0.25) is 0 Å². The van der Waals surface area contributed by atoms with E-state index in [2.05, 4.69) is 5.32 Å². The number of anilines is 1. The second kappa shape index (κ2) is 7.22. The van der Waals surface area contributed by atoms with Crippen molar-refractivity contribution in [1.29, 1.82) is 0 Å². The monoisotopic (exact) mass is 328 g/mol. The van der Waals surface area contributed by atoms with Gasteiger partial charge in [-0.3, -0.25) is 19.7 Å². The molecule has 0 aliphatic heterocycles. The fourth-order valence-corrected chi connectivity index (χ4v) is 1.74. The maximum atomic E-state index is 11.7. The van der Waals surface area contributed by atoms with E-state index in [9.17, 15) is 19.7 Å². The van der Waals surface area contributed by atoms with Crippen LogP contribution in [0, 0.1) is 15.5 Å². The SMILES string of the molecule is CC(C)(C)CC(=O)OCC(=O)Nc1ccc(Cl)cc1[N+](=O)[O-]. The average Bonchev–Trinajstić information content (AvgIpc) is 2.36. The van der Waals surface area contributed by atoms with Gasteiger partial charge in [0.15, 0.2) is 6.61 Å². The molecule has 1 rings (SSSR count). The number of benzene rings is 1. The number of hydrogen-bond donors (Lipinski definition) is 1. The van der Waals surface area contributed by atoms with E-state index in [1.54, 1.807) is 0 Å². The number of ether oxygens (including phenoxy) is 1. The van der Waals surface area contributed by atoms with Crippen molar-refractivity contribution in [2.75, 3.05) is 11.9 Å². The molecule has 0 aromatic heterocycles. The third-order valence-corrected chi connectivity index (χ3v) is 2.70. The summed E-state index contributed by atoms with van der Waals surface area (Å²) in [6.07, 6.45) is 0.168. The predicted molar refractivity (Wildman–Crippen MR) is 81.8 cm³/mol. The first-order chi connectivity index (χ1) is 10.1. The minimum absolute atomic E-state index is 0.00808. The van der Waals surface area contributed by atoms with Crippen molar-refractivity contribution < 1.29 is 19.2 Å². The summed E-state index contributed by atoms with van der Waals surface area (Å²) in [5, 5.41) is 13.4. The Bertz CT molecular complexity index is 595. The summed E-state index contributed by atoms with van der Waals surface area (Å²) < 4.78 is 4.83. The van der Waals surface area contributed by atoms with Gasteiger partial charge in [0.25, 0.3) is 11.6 Å². The van der Waals surface area contributed by atoms with Crippen molar-refractivity contribution in [3.05, 3.63) is 33.3 Å². The quantitative estimate of drug-likeness (QED) is 0.508. The first-order valence-corrected chi connectivity index (χ1v) is 6.86. The maximum Gasteiger partial charge on any atom is 0.306 e. The van der Waals surface area contributed by atoms with Crippen LogP contribution in [0.25, 0.3) is 0 Å². The Kier molecular flexibility index (Phi) is 5.87. The van der Waals surface area contributed by atoms with Gasteiger partial charge < -0.3 is 10.1 Å². The van der Waals surface area contributed by atoms with Gasteiger partial charge in [-0.1, -0.05) is 32.4 Å². The highest BCUT2D eigenvalue weighted by atomic mass is 35.5. The number of carbonyl (C=O) groups excluding carboxylic acids is 2. The van der Waals surface area contributed by atoms with Crippen molar-refractivity contribution in [2.45, 2.75) is 27.2 Å².